The Hall–Kier alpha value is -2.45. The summed E-state index contributed by atoms with van der Waals surface area (Å²) in [6.07, 6.45) is -0.789. The van der Waals surface area contributed by atoms with Gasteiger partial charge in [-0.1, -0.05) is 6.07 Å². The molecule has 1 unspecified atom stereocenters. The standard InChI is InChI=1S/C14H15N3O4S/c1-9-2-3-11(17(20)21)6-12(9)16-14(19)15-7-13(18)10-4-5-22-8-10/h2-6,8,13,18H,7H2,1H3,(H2,15,16,19). The zero-order valence-electron chi connectivity index (χ0n) is 11.8. The number of nitro benzene ring substituents is 1. The topological polar surface area (TPSA) is 105 Å². The Morgan fingerprint density at radius 3 is 2.86 bits per heavy atom. The number of rotatable bonds is 5. The zero-order chi connectivity index (χ0) is 16.1. The lowest BCUT2D eigenvalue weighted by molar-refractivity contribution is -0.384. The molecule has 8 heteroatoms. The molecule has 0 aliphatic heterocycles. The first-order valence-corrected chi connectivity index (χ1v) is 7.41. The van der Waals surface area contributed by atoms with Crippen molar-refractivity contribution in [2.75, 3.05) is 11.9 Å². The van der Waals surface area contributed by atoms with Gasteiger partial charge in [0.25, 0.3) is 5.69 Å². The molecule has 0 saturated heterocycles. The van der Waals surface area contributed by atoms with Crippen LogP contribution in [0.5, 0.6) is 0 Å². The molecular weight excluding hydrogens is 306 g/mol. The number of nitrogens with zero attached hydrogens (tertiary/aromatic N) is 1. The Bertz CT molecular complexity index is 673. The fourth-order valence-corrected chi connectivity index (χ4v) is 2.50. The normalized spacial score (nSPS) is 11.7. The molecule has 2 aromatic rings. The fraction of sp³-hybridized carbons (Fsp3) is 0.214. The number of amides is 2. The number of thiophene rings is 1. The average Bonchev–Trinajstić information content (AvgIpc) is 3.01. The predicted octanol–water partition coefficient (Wildman–Crippen LogP) is 2.82. The summed E-state index contributed by atoms with van der Waals surface area (Å²) in [5, 5.41) is 29.3. The predicted molar refractivity (Wildman–Crippen MR) is 84.1 cm³/mol. The third-order valence-corrected chi connectivity index (χ3v) is 3.77. The quantitative estimate of drug-likeness (QED) is 0.581. The van der Waals surface area contributed by atoms with E-state index in [1.807, 2.05) is 5.38 Å². The van der Waals surface area contributed by atoms with Crippen LogP contribution >= 0.6 is 11.3 Å². The van der Waals surface area contributed by atoms with Crippen molar-refractivity contribution in [1.82, 2.24) is 5.32 Å². The SMILES string of the molecule is Cc1ccc([N+](=O)[O-])cc1NC(=O)NCC(O)c1ccsc1. The summed E-state index contributed by atoms with van der Waals surface area (Å²) in [7, 11) is 0. The van der Waals surface area contributed by atoms with Gasteiger partial charge in [0.15, 0.2) is 0 Å². The first-order chi connectivity index (χ1) is 10.5. The Labute approximate surface area is 130 Å². The van der Waals surface area contributed by atoms with Gasteiger partial charge in [0, 0.05) is 18.7 Å². The summed E-state index contributed by atoms with van der Waals surface area (Å²) >= 11 is 1.46. The highest BCUT2D eigenvalue weighted by atomic mass is 32.1. The van der Waals surface area contributed by atoms with Crippen molar-refractivity contribution in [1.29, 1.82) is 0 Å². The van der Waals surface area contributed by atoms with E-state index in [-0.39, 0.29) is 12.2 Å². The molecule has 0 radical (unpaired) electrons. The summed E-state index contributed by atoms with van der Waals surface area (Å²) in [6, 6.07) is 5.48. The molecule has 0 spiro atoms. The van der Waals surface area contributed by atoms with Gasteiger partial charge in [0.05, 0.1) is 16.7 Å². The molecule has 2 amide bonds. The van der Waals surface area contributed by atoms with Crippen LogP contribution < -0.4 is 10.6 Å². The van der Waals surface area contributed by atoms with Crippen LogP contribution in [0.4, 0.5) is 16.2 Å². The van der Waals surface area contributed by atoms with Crippen LogP contribution in [0.3, 0.4) is 0 Å². The molecule has 22 heavy (non-hydrogen) atoms. The van der Waals surface area contributed by atoms with Gasteiger partial charge in [-0.2, -0.15) is 11.3 Å². The van der Waals surface area contributed by atoms with Gasteiger partial charge in [0.2, 0.25) is 0 Å². The lowest BCUT2D eigenvalue weighted by Gasteiger charge is -2.12. The number of non-ortho nitro benzene ring substituents is 1. The first-order valence-electron chi connectivity index (χ1n) is 6.47. The van der Waals surface area contributed by atoms with E-state index in [4.69, 9.17) is 0 Å². The molecule has 1 atom stereocenters. The number of hydrogen-bond donors (Lipinski definition) is 3. The summed E-state index contributed by atoms with van der Waals surface area (Å²) in [6.45, 7) is 1.79. The van der Waals surface area contributed by atoms with Gasteiger partial charge in [0.1, 0.15) is 0 Å². The lowest BCUT2D eigenvalue weighted by atomic mass is 10.2. The minimum atomic E-state index is -0.789. The minimum Gasteiger partial charge on any atom is -0.387 e. The molecule has 1 aromatic carbocycles. The average molecular weight is 321 g/mol. The van der Waals surface area contributed by atoms with E-state index in [9.17, 15) is 20.0 Å². The molecule has 0 aliphatic carbocycles. The van der Waals surface area contributed by atoms with E-state index in [2.05, 4.69) is 10.6 Å². The van der Waals surface area contributed by atoms with Crippen LogP contribution in [-0.4, -0.2) is 22.6 Å². The number of nitrogens with one attached hydrogen (secondary N) is 2. The summed E-state index contributed by atoms with van der Waals surface area (Å²) < 4.78 is 0. The number of aliphatic hydroxyl groups is 1. The van der Waals surface area contributed by atoms with Gasteiger partial charge >= 0.3 is 6.03 Å². The van der Waals surface area contributed by atoms with E-state index in [0.717, 1.165) is 5.56 Å². The molecule has 0 fully saturated rings. The smallest absolute Gasteiger partial charge is 0.319 e. The molecule has 0 bridgehead atoms. The highest BCUT2D eigenvalue weighted by Gasteiger charge is 2.13. The first kappa shape index (κ1) is 15.9. The van der Waals surface area contributed by atoms with Crippen molar-refractivity contribution >= 4 is 28.7 Å². The van der Waals surface area contributed by atoms with Crippen LogP contribution in [0.2, 0.25) is 0 Å². The van der Waals surface area contributed by atoms with E-state index in [1.54, 1.807) is 24.4 Å². The Morgan fingerprint density at radius 2 is 2.23 bits per heavy atom. The maximum atomic E-state index is 11.8. The van der Waals surface area contributed by atoms with Crippen molar-refractivity contribution in [3.8, 4) is 0 Å². The third-order valence-electron chi connectivity index (χ3n) is 3.06. The maximum absolute atomic E-state index is 11.8. The van der Waals surface area contributed by atoms with Crippen LogP contribution in [0.1, 0.15) is 17.2 Å². The second-order valence-corrected chi connectivity index (χ2v) is 5.44. The lowest BCUT2D eigenvalue weighted by Crippen LogP contribution is -2.32. The molecule has 1 aromatic heterocycles. The van der Waals surface area contributed by atoms with Crippen molar-refractivity contribution in [2.24, 2.45) is 0 Å². The molecule has 2 rings (SSSR count). The van der Waals surface area contributed by atoms with Gasteiger partial charge in [-0.05, 0) is 34.9 Å². The van der Waals surface area contributed by atoms with E-state index >= 15 is 0 Å². The molecule has 7 nitrogen and oxygen atoms in total. The second kappa shape index (κ2) is 7.01. The molecule has 116 valence electrons. The summed E-state index contributed by atoms with van der Waals surface area (Å²) in [5.74, 6) is 0. The summed E-state index contributed by atoms with van der Waals surface area (Å²) in [4.78, 5) is 22.0. The number of benzene rings is 1. The highest BCUT2D eigenvalue weighted by molar-refractivity contribution is 7.07. The van der Waals surface area contributed by atoms with Gasteiger partial charge in [-0.15, -0.1) is 0 Å². The number of aryl methyl sites for hydroxylation is 1. The molecule has 3 N–H and O–H groups in total. The van der Waals surface area contributed by atoms with Crippen molar-refractivity contribution in [2.45, 2.75) is 13.0 Å². The number of anilines is 1. The van der Waals surface area contributed by atoms with Crippen molar-refractivity contribution in [3.05, 3.63) is 56.3 Å². The Balaban J connectivity index is 1.94. The van der Waals surface area contributed by atoms with Crippen molar-refractivity contribution < 1.29 is 14.8 Å². The van der Waals surface area contributed by atoms with E-state index in [1.165, 1.54) is 23.5 Å². The van der Waals surface area contributed by atoms with E-state index < -0.39 is 17.1 Å². The fourth-order valence-electron chi connectivity index (χ4n) is 1.80. The van der Waals surface area contributed by atoms with Gasteiger partial charge in [-0.25, -0.2) is 4.79 Å². The van der Waals surface area contributed by atoms with Crippen LogP contribution in [0.15, 0.2) is 35.0 Å². The van der Waals surface area contributed by atoms with Crippen molar-refractivity contribution in [3.63, 3.8) is 0 Å². The molecule has 0 saturated carbocycles. The van der Waals surface area contributed by atoms with Crippen LogP contribution in [0.25, 0.3) is 0 Å². The zero-order valence-corrected chi connectivity index (χ0v) is 12.6. The van der Waals surface area contributed by atoms with Gasteiger partial charge in [-0.3, -0.25) is 10.1 Å². The number of carbonyl (C=O) groups excluding carboxylic acids is 1. The van der Waals surface area contributed by atoms with Crippen LogP contribution in [-0.2, 0) is 0 Å². The number of carbonyl (C=O) groups is 1. The van der Waals surface area contributed by atoms with E-state index in [0.29, 0.717) is 11.3 Å². The Kier molecular flexibility index (Phi) is 5.08. The largest absolute Gasteiger partial charge is 0.387 e. The molecule has 1 heterocycles. The van der Waals surface area contributed by atoms with Crippen LogP contribution in [0, 0.1) is 17.0 Å². The number of aliphatic hydroxyl groups excluding tert-OH is 1. The third kappa shape index (κ3) is 4.03. The second-order valence-electron chi connectivity index (χ2n) is 4.66. The number of urea groups is 1. The Morgan fingerprint density at radius 1 is 1.45 bits per heavy atom. The number of nitro groups is 1. The summed E-state index contributed by atoms with van der Waals surface area (Å²) in [5.41, 5.74) is 1.70. The maximum Gasteiger partial charge on any atom is 0.319 e. The monoisotopic (exact) mass is 321 g/mol. The molecule has 0 aliphatic rings. The van der Waals surface area contributed by atoms with Gasteiger partial charge < -0.3 is 15.7 Å². The molecular formula is C14H15N3O4S. The highest BCUT2D eigenvalue weighted by Crippen LogP contribution is 2.21. The number of hydrogen-bond acceptors (Lipinski definition) is 5. The minimum absolute atomic E-state index is 0.0521.